The van der Waals surface area contributed by atoms with Crippen LogP contribution in [0.25, 0.3) is 0 Å². The third-order valence-electron chi connectivity index (χ3n) is 3.92. The minimum Gasteiger partial charge on any atom is -0.483 e. The molecule has 6 nitrogen and oxygen atoms in total. The number of nitrogens with one attached hydrogen (secondary N) is 1. The lowest BCUT2D eigenvalue weighted by Gasteiger charge is -2.10. The summed E-state index contributed by atoms with van der Waals surface area (Å²) in [6, 6.07) is 6.74. The molecule has 0 radical (unpaired) electrons. The lowest BCUT2D eigenvalue weighted by molar-refractivity contribution is -0.118. The molecule has 0 unspecified atom stereocenters. The molecule has 144 valence electrons. The molecular formula is C20H23NO5S. The number of hydrogen-bond acceptors (Lipinski definition) is 6. The van der Waals surface area contributed by atoms with E-state index in [1.807, 2.05) is 13.8 Å². The fourth-order valence-corrected chi connectivity index (χ4v) is 3.85. The first kappa shape index (κ1) is 20.6. The second kappa shape index (κ2) is 9.32. The zero-order chi connectivity index (χ0) is 20.0. The quantitative estimate of drug-likeness (QED) is 0.545. The molecule has 0 atom stereocenters. The largest absolute Gasteiger partial charge is 0.483 e. The van der Waals surface area contributed by atoms with E-state index in [9.17, 15) is 14.4 Å². The molecule has 7 heteroatoms. The Morgan fingerprint density at radius 3 is 2.48 bits per heavy atom. The van der Waals surface area contributed by atoms with Gasteiger partial charge in [-0.1, -0.05) is 19.1 Å². The van der Waals surface area contributed by atoms with Crippen LogP contribution in [0.2, 0.25) is 0 Å². The summed E-state index contributed by atoms with van der Waals surface area (Å²) in [7, 11) is 0. The van der Waals surface area contributed by atoms with Gasteiger partial charge in [-0.2, -0.15) is 0 Å². The maximum atomic E-state index is 12.3. The minimum atomic E-state index is -0.447. The number of ketones is 1. The number of benzene rings is 1. The van der Waals surface area contributed by atoms with Gasteiger partial charge in [0.1, 0.15) is 10.8 Å². The van der Waals surface area contributed by atoms with Gasteiger partial charge in [0.25, 0.3) is 5.91 Å². The molecular weight excluding hydrogens is 366 g/mol. The Kier molecular flexibility index (Phi) is 7.12. The highest BCUT2D eigenvalue weighted by molar-refractivity contribution is 7.16. The molecule has 2 rings (SSSR count). The summed E-state index contributed by atoms with van der Waals surface area (Å²) in [6.45, 7) is 7.02. The molecule has 0 spiro atoms. The van der Waals surface area contributed by atoms with E-state index in [0.29, 0.717) is 28.3 Å². The summed E-state index contributed by atoms with van der Waals surface area (Å²) in [5, 5.41) is 3.19. The molecule has 0 saturated heterocycles. The fraction of sp³-hybridized carbons (Fsp3) is 0.350. The highest BCUT2D eigenvalue weighted by Gasteiger charge is 2.23. The molecule has 2 aromatic rings. The van der Waals surface area contributed by atoms with Gasteiger partial charge in [-0.15, -0.1) is 11.3 Å². The van der Waals surface area contributed by atoms with Gasteiger partial charge in [0.15, 0.2) is 12.4 Å². The predicted molar refractivity (Wildman–Crippen MR) is 105 cm³/mol. The number of Topliss-reactive ketones (excluding diaryl/α,β-unsaturated/α-hetero) is 1. The van der Waals surface area contributed by atoms with E-state index in [0.717, 1.165) is 10.4 Å². The highest BCUT2D eigenvalue weighted by atomic mass is 32.1. The van der Waals surface area contributed by atoms with Crippen LogP contribution in [0.5, 0.6) is 5.75 Å². The molecule has 0 aliphatic heterocycles. The SMILES string of the molecule is CCOC(=O)c1c(NC(=O)COc2ccccc2C(C)=O)sc(C)c1CC. The molecule has 27 heavy (non-hydrogen) atoms. The van der Waals surface area contributed by atoms with E-state index in [4.69, 9.17) is 9.47 Å². The summed E-state index contributed by atoms with van der Waals surface area (Å²) in [4.78, 5) is 37.2. The summed E-state index contributed by atoms with van der Waals surface area (Å²) < 4.78 is 10.6. The first-order chi connectivity index (χ1) is 12.9. The summed E-state index contributed by atoms with van der Waals surface area (Å²) in [5.41, 5.74) is 1.69. The Morgan fingerprint density at radius 2 is 1.85 bits per heavy atom. The standard InChI is InChI=1S/C20H23NO5S/c1-5-14-13(4)27-19(18(14)20(24)25-6-2)21-17(23)11-26-16-10-8-7-9-15(16)12(3)22/h7-10H,5-6,11H2,1-4H3,(H,21,23). The van der Waals surface area contributed by atoms with Crippen molar-refractivity contribution < 1.29 is 23.9 Å². The van der Waals surface area contributed by atoms with Crippen LogP contribution in [-0.2, 0) is 16.0 Å². The normalized spacial score (nSPS) is 10.4. The minimum absolute atomic E-state index is 0.142. The number of aryl methyl sites for hydroxylation is 1. The van der Waals surface area contributed by atoms with Crippen LogP contribution in [0.1, 0.15) is 51.9 Å². The Bertz CT molecular complexity index is 856. The van der Waals surface area contributed by atoms with E-state index in [2.05, 4.69) is 5.32 Å². The Balaban J connectivity index is 2.15. The number of amides is 1. The van der Waals surface area contributed by atoms with Gasteiger partial charge < -0.3 is 14.8 Å². The molecule has 0 aliphatic carbocycles. The Hall–Kier alpha value is -2.67. The molecule has 1 heterocycles. The second-order valence-electron chi connectivity index (χ2n) is 5.80. The van der Waals surface area contributed by atoms with Gasteiger partial charge in [-0.25, -0.2) is 4.79 Å². The third kappa shape index (κ3) is 4.95. The number of esters is 1. The average molecular weight is 389 g/mol. The Morgan fingerprint density at radius 1 is 1.15 bits per heavy atom. The molecule has 0 bridgehead atoms. The number of hydrogen-bond donors (Lipinski definition) is 1. The molecule has 0 aliphatic rings. The van der Waals surface area contributed by atoms with E-state index < -0.39 is 11.9 Å². The first-order valence-electron chi connectivity index (χ1n) is 8.70. The number of carbonyl (C=O) groups is 3. The molecule has 1 amide bonds. The van der Waals surface area contributed by atoms with Gasteiger partial charge in [-0.3, -0.25) is 9.59 Å². The third-order valence-corrected chi connectivity index (χ3v) is 4.98. The topological polar surface area (TPSA) is 81.7 Å². The zero-order valence-corrected chi connectivity index (χ0v) is 16.7. The number of anilines is 1. The maximum absolute atomic E-state index is 12.3. The van der Waals surface area contributed by atoms with E-state index >= 15 is 0 Å². The van der Waals surface area contributed by atoms with E-state index in [1.54, 1.807) is 31.2 Å². The number of rotatable bonds is 8. The van der Waals surface area contributed by atoms with Gasteiger partial charge >= 0.3 is 5.97 Å². The smallest absolute Gasteiger partial charge is 0.341 e. The lowest BCUT2D eigenvalue weighted by Crippen LogP contribution is -2.21. The van der Waals surface area contributed by atoms with Crippen LogP contribution in [0.15, 0.2) is 24.3 Å². The number of thiophene rings is 1. The van der Waals surface area contributed by atoms with E-state index in [-0.39, 0.29) is 19.0 Å². The number of para-hydroxylation sites is 1. The summed E-state index contributed by atoms with van der Waals surface area (Å²) in [5.74, 6) is -0.654. The van der Waals surface area contributed by atoms with Crippen LogP contribution in [0.3, 0.4) is 0 Å². The first-order valence-corrected chi connectivity index (χ1v) is 9.52. The maximum Gasteiger partial charge on any atom is 0.341 e. The fourth-order valence-electron chi connectivity index (χ4n) is 2.70. The van der Waals surface area contributed by atoms with Crippen molar-refractivity contribution in [2.24, 2.45) is 0 Å². The van der Waals surface area contributed by atoms with Crippen LogP contribution in [-0.4, -0.2) is 30.9 Å². The van der Waals surface area contributed by atoms with Gasteiger partial charge in [0, 0.05) is 4.88 Å². The van der Waals surface area contributed by atoms with Crippen molar-refractivity contribution in [2.45, 2.75) is 34.1 Å². The summed E-state index contributed by atoms with van der Waals surface area (Å²) in [6.07, 6.45) is 0.662. The second-order valence-corrected chi connectivity index (χ2v) is 7.03. The van der Waals surface area contributed by atoms with Gasteiger partial charge in [-0.05, 0) is 44.9 Å². The van der Waals surface area contributed by atoms with Crippen molar-refractivity contribution in [1.82, 2.24) is 0 Å². The van der Waals surface area contributed by atoms with Crippen molar-refractivity contribution in [1.29, 1.82) is 0 Å². The number of carbonyl (C=O) groups excluding carboxylic acids is 3. The van der Waals surface area contributed by atoms with Crippen LogP contribution < -0.4 is 10.1 Å². The van der Waals surface area contributed by atoms with Crippen molar-refractivity contribution in [3.05, 3.63) is 45.8 Å². The monoisotopic (exact) mass is 389 g/mol. The van der Waals surface area contributed by atoms with Crippen molar-refractivity contribution in [2.75, 3.05) is 18.5 Å². The molecule has 1 N–H and O–H groups in total. The predicted octanol–water partition coefficient (Wildman–Crippen LogP) is 4.02. The molecule has 1 aromatic heterocycles. The molecule has 1 aromatic carbocycles. The molecule has 0 saturated carbocycles. The van der Waals surface area contributed by atoms with Crippen molar-refractivity contribution in [3.8, 4) is 5.75 Å². The van der Waals surface area contributed by atoms with Crippen LogP contribution >= 0.6 is 11.3 Å². The zero-order valence-electron chi connectivity index (χ0n) is 15.9. The van der Waals surface area contributed by atoms with Gasteiger partial charge in [0.05, 0.1) is 17.7 Å². The highest BCUT2D eigenvalue weighted by Crippen LogP contribution is 2.34. The number of ether oxygens (including phenoxy) is 2. The lowest BCUT2D eigenvalue weighted by atomic mass is 10.1. The van der Waals surface area contributed by atoms with Crippen molar-refractivity contribution >= 4 is 34.0 Å². The van der Waals surface area contributed by atoms with Crippen molar-refractivity contribution in [3.63, 3.8) is 0 Å². The van der Waals surface area contributed by atoms with E-state index in [1.165, 1.54) is 18.3 Å². The summed E-state index contributed by atoms with van der Waals surface area (Å²) >= 11 is 1.34. The average Bonchev–Trinajstić information content (AvgIpc) is 2.95. The Labute approximate surface area is 162 Å². The van der Waals surface area contributed by atoms with Crippen LogP contribution in [0, 0.1) is 6.92 Å². The van der Waals surface area contributed by atoms with Crippen LogP contribution in [0.4, 0.5) is 5.00 Å². The van der Waals surface area contributed by atoms with Gasteiger partial charge in [0.2, 0.25) is 0 Å². The molecule has 0 fully saturated rings.